The van der Waals surface area contributed by atoms with E-state index in [0.29, 0.717) is 11.4 Å². The Morgan fingerprint density at radius 2 is 2.23 bits per heavy atom. The van der Waals surface area contributed by atoms with Crippen molar-refractivity contribution in [2.45, 2.75) is 13.0 Å². The Balaban J connectivity index is 0.00000176. The van der Waals surface area contributed by atoms with Gasteiger partial charge in [-0.1, -0.05) is 0 Å². The molecule has 1 saturated heterocycles. The normalized spacial score (nSPS) is 18.0. The maximum absolute atomic E-state index is 12.6. The van der Waals surface area contributed by atoms with E-state index in [0.717, 1.165) is 23.2 Å². The number of benzene rings is 1. The summed E-state index contributed by atoms with van der Waals surface area (Å²) in [5.74, 6) is 0.00727. The number of nitrogens with zero attached hydrogens (tertiary/aromatic N) is 2. The molecular formula is C14H16ClN3O3S. The van der Waals surface area contributed by atoms with Crippen LogP contribution in [0.3, 0.4) is 0 Å². The number of hydrogen-bond acceptors (Lipinski definition) is 5. The van der Waals surface area contributed by atoms with Crippen LogP contribution < -0.4 is 5.32 Å². The molecule has 1 aromatic heterocycles. The zero-order chi connectivity index (χ0) is 15.0. The third-order valence-corrected chi connectivity index (χ3v) is 4.79. The highest BCUT2D eigenvalue weighted by molar-refractivity contribution is 7.20. The van der Waals surface area contributed by atoms with E-state index < -0.39 is 4.92 Å². The molecule has 1 N–H and O–H groups in total. The number of amides is 1. The van der Waals surface area contributed by atoms with Gasteiger partial charge in [-0.25, -0.2) is 0 Å². The van der Waals surface area contributed by atoms with Crippen molar-refractivity contribution < 1.29 is 9.72 Å². The fraction of sp³-hybridized carbons (Fsp3) is 0.357. The van der Waals surface area contributed by atoms with Gasteiger partial charge in [0.25, 0.3) is 11.6 Å². The van der Waals surface area contributed by atoms with E-state index in [-0.39, 0.29) is 30.0 Å². The van der Waals surface area contributed by atoms with Gasteiger partial charge in [-0.15, -0.1) is 23.7 Å². The fourth-order valence-corrected chi connectivity index (χ4v) is 3.53. The Morgan fingerprint density at radius 3 is 2.91 bits per heavy atom. The van der Waals surface area contributed by atoms with Gasteiger partial charge in [0.05, 0.1) is 9.80 Å². The molecule has 2 aromatic rings. The van der Waals surface area contributed by atoms with Gasteiger partial charge in [-0.2, -0.15) is 0 Å². The van der Waals surface area contributed by atoms with Crippen molar-refractivity contribution in [1.82, 2.24) is 10.2 Å². The predicted octanol–water partition coefficient (Wildman–Crippen LogP) is 2.67. The van der Waals surface area contributed by atoms with Crippen LogP contribution in [0.1, 0.15) is 16.6 Å². The lowest BCUT2D eigenvalue weighted by atomic mass is 10.2. The number of carbonyl (C=O) groups excluding carboxylic acids is 1. The Bertz CT molecular complexity index is 718. The Kier molecular flexibility index (Phi) is 5.00. The molecular weight excluding hydrogens is 326 g/mol. The molecule has 1 amide bonds. The van der Waals surface area contributed by atoms with Gasteiger partial charge in [0.1, 0.15) is 0 Å². The van der Waals surface area contributed by atoms with Gasteiger partial charge in [0.15, 0.2) is 0 Å². The molecule has 118 valence electrons. The SMILES string of the molecule is C[C@@H]1CNCCN1C(=O)c1cc2cc([N+](=O)[O-])ccc2s1.Cl. The molecule has 8 heteroatoms. The van der Waals surface area contributed by atoms with Gasteiger partial charge in [0.2, 0.25) is 0 Å². The van der Waals surface area contributed by atoms with Gasteiger partial charge >= 0.3 is 0 Å². The molecule has 1 aliphatic heterocycles. The van der Waals surface area contributed by atoms with Crippen LogP contribution in [0, 0.1) is 10.1 Å². The summed E-state index contributed by atoms with van der Waals surface area (Å²) in [5, 5.41) is 14.8. The van der Waals surface area contributed by atoms with E-state index in [9.17, 15) is 14.9 Å². The molecule has 0 unspecified atom stereocenters. The number of halogens is 1. The van der Waals surface area contributed by atoms with E-state index in [4.69, 9.17) is 0 Å². The molecule has 6 nitrogen and oxygen atoms in total. The highest BCUT2D eigenvalue weighted by Gasteiger charge is 2.25. The molecule has 0 spiro atoms. The number of nitro benzene ring substituents is 1. The monoisotopic (exact) mass is 341 g/mol. The molecule has 0 aliphatic carbocycles. The van der Waals surface area contributed by atoms with Crippen molar-refractivity contribution in [2.24, 2.45) is 0 Å². The fourth-order valence-electron chi connectivity index (χ4n) is 2.53. The van der Waals surface area contributed by atoms with Crippen LogP contribution in [0.2, 0.25) is 0 Å². The number of thiophene rings is 1. The summed E-state index contributed by atoms with van der Waals surface area (Å²) < 4.78 is 0.895. The second-order valence-electron chi connectivity index (χ2n) is 5.14. The molecule has 1 aliphatic rings. The first kappa shape index (κ1) is 16.7. The van der Waals surface area contributed by atoms with Crippen LogP contribution in [0.25, 0.3) is 10.1 Å². The molecule has 1 atom stereocenters. The molecule has 0 saturated carbocycles. The van der Waals surface area contributed by atoms with Crippen LogP contribution in [0.15, 0.2) is 24.3 Å². The summed E-state index contributed by atoms with van der Waals surface area (Å²) >= 11 is 1.39. The lowest BCUT2D eigenvalue weighted by Crippen LogP contribution is -2.52. The number of carbonyl (C=O) groups is 1. The summed E-state index contributed by atoms with van der Waals surface area (Å²) in [6.45, 7) is 4.30. The minimum Gasteiger partial charge on any atom is -0.333 e. The van der Waals surface area contributed by atoms with Crippen LogP contribution in [0.5, 0.6) is 0 Å². The van der Waals surface area contributed by atoms with Crippen molar-refractivity contribution in [3.05, 3.63) is 39.3 Å². The largest absolute Gasteiger partial charge is 0.333 e. The molecule has 22 heavy (non-hydrogen) atoms. The minimum atomic E-state index is -0.420. The maximum Gasteiger partial charge on any atom is 0.270 e. The highest BCUT2D eigenvalue weighted by atomic mass is 35.5. The highest BCUT2D eigenvalue weighted by Crippen LogP contribution is 2.30. The van der Waals surface area contributed by atoms with Crippen molar-refractivity contribution >= 4 is 45.4 Å². The smallest absolute Gasteiger partial charge is 0.270 e. The van der Waals surface area contributed by atoms with Crippen LogP contribution >= 0.6 is 23.7 Å². The number of nitrogens with one attached hydrogen (secondary N) is 1. The van der Waals surface area contributed by atoms with Crippen molar-refractivity contribution in [2.75, 3.05) is 19.6 Å². The average Bonchev–Trinajstić information content (AvgIpc) is 2.89. The van der Waals surface area contributed by atoms with Crippen molar-refractivity contribution in [3.63, 3.8) is 0 Å². The Morgan fingerprint density at radius 1 is 1.45 bits per heavy atom. The number of piperazine rings is 1. The third kappa shape index (κ3) is 3.06. The number of nitro groups is 1. The quantitative estimate of drug-likeness (QED) is 0.673. The Hall–Kier alpha value is -1.70. The van der Waals surface area contributed by atoms with E-state index in [1.54, 1.807) is 12.1 Å². The first-order valence-electron chi connectivity index (χ1n) is 6.76. The molecule has 1 fully saturated rings. The molecule has 1 aromatic carbocycles. The van der Waals surface area contributed by atoms with Gasteiger partial charge in [-0.05, 0) is 19.1 Å². The topological polar surface area (TPSA) is 75.5 Å². The lowest BCUT2D eigenvalue weighted by molar-refractivity contribution is -0.384. The summed E-state index contributed by atoms with van der Waals surface area (Å²) in [4.78, 5) is 25.5. The second kappa shape index (κ2) is 6.60. The zero-order valence-corrected chi connectivity index (χ0v) is 13.6. The second-order valence-corrected chi connectivity index (χ2v) is 6.23. The van der Waals surface area contributed by atoms with Crippen LogP contribution in [-0.2, 0) is 0 Å². The predicted molar refractivity (Wildman–Crippen MR) is 89.1 cm³/mol. The van der Waals surface area contributed by atoms with Crippen molar-refractivity contribution in [1.29, 1.82) is 0 Å². The van der Waals surface area contributed by atoms with E-state index >= 15 is 0 Å². The first-order valence-corrected chi connectivity index (χ1v) is 7.57. The lowest BCUT2D eigenvalue weighted by Gasteiger charge is -2.33. The maximum atomic E-state index is 12.6. The standard InChI is InChI=1S/C14H15N3O3S.ClH/c1-9-8-15-4-5-16(9)14(18)13-7-10-6-11(17(19)20)2-3-12(10)21-13;/h2-3,6-7,9,15H,4-5,8H2,1H3;1H/t9-;/m1./s1. The molecule has 0 radical (unpaired) electrons. The van der Waals surface area contributed by atoms with Crippen molar-refractivity contribution in [3.8, 4) is 0 Å². The number of fused-ring (bicyclic) bond motifs is 1. The average molecular weight is 342 g/mol. The zero-order valence-electron chi connectivity index (χ0n) is 11.9. The number of hydrogen-bond donors (Lipinski definition) is 1. The first-order chi connectivity index (χ1) is 10.1. The van der Waals surface area contributed by atoms with E-state index in [1.807, 2.05) is 11.8 Å². The number of rotatable bonds is 2. The summed E-state index contributed by atoms with van der Waals surface area (Å²) in [6.07, 6.45) is 0. The van der Waals surface area contributed by atoms with Crippen LogP contribution in [-0.4, -0.2) is 41.4 Å². The number of non-ortho nitro benzene ring substituents is 1. The van der Waals surface area contributed by atoms with Gasteiger partial charge < -0.3 is 10.2 Å². The van der Waals surface area contributed by atoms with Gasteiger partial charge in [-0.3, -0.25) is 14.9 Å². The molecule has 3 rings (SSSR count). The van der Waals surface area contributed by atoms with Crippen LogP contribution in [0.4, 0.5) is 5.69 Å². The molecule has 0 bridgehead atoms. The summed E-state index contributed by atoms with van der Waals surface area (Å²) in [7, 11) is 0. The minimum absolute atomic E-state index is 0. The Labute approximate surface area is 137 Å². The summed E-state index contributed by atoms with van der Waals surface area (Å²) in [6, 6.07) is 6.61. The van der Waals surface area contributed by atoms with Gasteiger partial charge in [0, 0.05) is 47.9 Å². The third-order valence-electron chi connectivity index (χ3n) is 3.68. The molecule has 2 heterocycles. The van der Waals surface area contributed by atoms with E-state index in [2.05, 4.69) is 5.32 Å². The summed E-state index contributed by atoms with van der Waals surface area (Å²) in [5.41, 5.74) is 0.0508. The van der Waals surface area contributed by atoms with E-state index in [1.165, 1.54) is 23.5 Å².